The molecule has 0 amide bonds. The number of carbonyl (C=O) groups excluding carboxylic acids is 1. The van der Waals surface area contributed by atoms with Crippen LogP contribution in [0.4, 0.5) is 0 Å². The number of hydrogen-bond acceptors (Lipinski definition) is 6. The summed E-state index contributed by atoms with van der Waals surface area (Å²) in [5, 5.41) is 0. The molecule has 0 aliphatic rings. The summed E-state index contributed by atoms with van der Waals surface area (Å²) in [5.41, 5.74) is 0.856. The van der Waals surface area contributed by atoms with Crippen LogP contribution < -0.4 is 9.46 Å². The molecule has 0 bridgehead atoms. The topological polar surface area (TPSA) is 90.9 Å². The van der Waals surface area contributed by atoms with Crippen LogP contribution in [0.15, 0.2) is 47.4 Å². The molecule has 0 spiro atoms. The van der Waals surface area contributed by atoms with Crippen LogP contribution >= 0.6 is 0 Å². The van der Waals surface area contributed by atoms with Crippen LogP contribution in [0.3, 0.4) is 0 Å². The Balaban J connectivity index is 2.48. The normalized spacial score (nSPS) is 13.1. The van der Waals surface area contributed by atoms with E-state index in [2.05, 4.69) is 4.72 Å². The van der Waals surface area contributed by atoms with Crippen LogP contribution in [0.1, 0.15) is 38.1 Å². The van der Waals surface area contributed by atoms with Crippen LogP contribution in [0.25, 0.3) is 11.1 Å². The summed E-state index contributed by atoms with van der Waals surface area (Å²) in [6, 6.07) is 11.5. The molecule has 29 heavy (non-hydrogen) atoms. The third-order valence-electron chi connectivity index (χ3n) is 3.88. The second-order valence-corrected chi connectivity index (χ2v) is 9.14. The molecule has 0 radical (unpaired) electrons. The van der Waals surface area contributed by atoms with Crippen molar-refractivity contribution in [1.29, 1.82) is 0 Å². The van der Waals surface area contributed by atoms with E-state index < -0.39 is 21.9 Å². The van der Waals surface area contributed by atoms with Gasteiger partial charge in [-0.05, 0) is 51.5 Å². The number of aldehydes is 1. The molecule has 0 aromatic heterocycles. The summed E-state index contributed by atoms with van der Waals surface area (Å²) in [6.45, 7) is 6.91. The summed E-state index contributed by atoms with van der Waals surface area (Å²) in [5.74, 6) is 0.331. The van der Waals surface area contributed by atoms with E-state index in [9.17, 15) is 13.2 Å². The van der Waals surface area contributed by atoms with Gasteiger partial charge in [-0.25, -0.2) is 13.1 Å². The molecular weight excluding hydrogens is 394 g/mol. The van der Waals surface area contributed by atoms with Gasteiger partial charge in [0, 0.05) is 29.8 Å². The Kier molecular flexibility index (Phi) is 7.54. The molecule has 0 heterocycles. The van der Waals surface area contributed by atoms with Gasteiger partial charge in [0.1, 0.15) is 12.0 Å². The Labute approximate surface area is 172 Å². The van der Waals surface area contributed by atoms with Gasteiger partial charge in [-0.3, -0.25) is 4.79 Å². The van der Waals surface area contributed by atoms with Crippen molar-refractivity contribution in [3.05, 3.63) is 48.0 Å². The van der Waals surface area contributed by atoms with E-state index in [0.29, 0.717) is 22.4 Å². The quantitative estimate of drug-likeness (QED) is 0.492. The fourth-order valence-electron chi connectivity index (χ4n) is 2.56. The minimum absolute atomic E-state index is 0.0489. The zero-order valence-corrected chi connectivity index (χ0v) is 18.1. The first kappa shape index (κ1) is 23.0. The Morgan fingerprint density at radius 3 is 2.48 bits per heavy atom. The second kappa shape index (κ2) is 9.49. The molecule has 0 saturated carbocycles. The molecule has 1 unspecified atom stereocenters. The van der Waals surface area contributed by atoms with E-state index in [4.69, 9.17) is 14.2 Å². The Morgan fingerprint density at radius 2 is 1.86 bits per heavy atom. The standard InChI is InChI=1S/C21H27NO6S/c1-15(26-5)27-14-28-18-9-10-19(17-8-6-7-16(11-17)13-23)20(12-18)29(24,25)22-21(2,3)4/h6-13,15,22H,14H2,1-5H3. The van der Waals surface area contributed by atoms with Crippen molar-refractivity contribution in [1.82, 2.24) is 4.72 Å². The van der Waals surface area contributed by atoms with Crippen molar-refractivity contribution < 1.29 is 27.4 Å². The number of carbonyl (C=O) groups is 1. The third-order valence-corrected chi connectivity index (χ3v) is 5.68. The minimum Gasteiger partial charge on any atom is -0.467 e. The number of rotatable bonds is 9. The SMILES string of the molecule is COC(C)OCOc1ccc(-c2cccc(C=O)c2)c(S(=O)(=O)NC(C)(C)C)c1. The molecule has 158 valence electrons. The van der Waals surface area contributed by atoms with Crippen LogP contribution in [0, 0.1) is 0 Å². The predicted molar refractivity (Wildman–Crippen MR) is 110 cm³/mol. The molecule has 2 aromatic carbocycles. The van der Waals surface area contributed by atoms with Gasteiger partial charge in [0.15, 0.2) is 13.1 Å². The summed E-state index contributed by atoms with van der Waals surface area (Å²) in [6.07, 6.45) is 0.266. The molecule has 7 nitrogen and oxygen atoms in total. The van der Waals surface area contributed by atoms with Crippen molar-refractivity contribution in [3.8, 4) is 16.9 Å². The van der Waals surface area contributed by atoms with Gasteiger partial charge in [0.05, 0.1) is 4.90 Å². The first-order valence-electron chi connectivity index (χ1n) is 9.06. The summed E-state index contributed by atoms with van der Waals surface area (Å²) >= 11 is 0. The monoisotopic (exact) mass is 421 g/mol. The van der Waals surface area contributed by atoms with Gasteiger partial charge < -0.3 is 14.2 Å². The van der Waals surface area contributed by atoms with E-state index in [1.807, 2.05) is 0 Å². The van der Waals surface area contributed by atoms with Crippen molar-refractivity contribution in [2.45, 2.75) is 44.4 Å². The average Bonchev–Trinajstić information content (AvgIpc) is 2.66. The van der Waals surface area contributed by atoms with E-state index in [1.54, 1.807) is 64.1 Å². The first-order valence-corrected chi connectivity index (χ1v) is 10.5. The number of sulfonamides is 1. The molecule has 0 saturated heterocycles. The molecular formula is C21H27NO6S. The van der Waals surface area contributed by atoms with Crippen LogP contribution in [-0.2, 0) is 19.5 Å². The fraction of sp³-hybridized carbons (Fsp3) is 0.381. The zero-order chi connectivity index (χ0) is 21.7. The number of methoxy groups -OCH3 is 1. The Hall–Kier alpha value is -2.26. The largest absolute Gasteiger partial charge is 0.467 e. The molecule has 1 N–H and O–H groups in total. The molecule has 0 fully saturated rings. The lowest BCUT2D eigenvalue weighted by Crippen LogP contribution is -2.40. The second-order valence-electron chi connectivity index (χ2n) is 7.49. The highest BCUT2D eigenvalue weighted by molar-refractivity contribution is 7.89. The maximum absolute atomic E-state index is 13.1. The first-order chi connectivity index (χ1) is 13.6. The highest BCUT2D eigenvalue weighted by atomic mass is 32.2. The molecule has 2 aromatic rings. The molecule has 8 heteroatoms. The number of benzene rings is 2. The Morgan fingerprint density at radius 1 is 1.14 bits per heavy atom. The van der Waals surface area contributed by atoms with Crippen LogP contribution in [0.2, 0.25) is 0 Å². The fourth-order valence-corrected chi connectivity index (χ4v) is 4.22. The lowest BCUT2D eigenvalue weighted by atomic mass is 10.0. The predicted octanol–water partition coefficient (Wildman–Crippen LogP) is 3.59. The van der Waals surface area contributed by atoms with Crippen molar-refractivity contribution >= 4 is 16.3 Å². The van der Waals surface area contributed by atoms with Gasteiger partial charge in [-0.1, -0.05) is 18.2 Å². The van der Waals surface area contributed by atoms with E-state index in [0.717, 1.165) is 6.29 Å². The lowest BCUT2D eigenvalue weighted by Gasteiger charge is -2.22. The van der Waals surface area contributed by atoms with Gasteiger partial charge in [-0.2, -0.15) is 0 Å². The number of ether oxygens (including phenoxy) is 3. The smallest absolute Gasteiger partial charge is 0.241 e. The average molecular weight is 422 g/mol. The summed E-state index contributed by atoms with van der Waals surface area (Å²) in [4.78, 5) is 11.2. The van der Waals surface area contributed by atoms with E-state index in [1.165, 1.54) is 13.2 Å². The molecule has 2 rings (SSSR count). The third kappa shape index (κ3) is 6.64. The van der Waals surface area contributed by atoms with E-state index >= 15 is 0 Å². The highest BCUT2D eigenvalue weighted by Gasteiger charge is 2.26. The van der Waals surface area contributed by atoms with Gasteiger partial charge in [0.2, 0.25) is 10.0 Å². The van der Waals surface area contributed by atoms with Crippen molar-refractivity contribution in [2.24, 2.45) is 0 Å². The van der Waals surface area contributed by atoms with Gasteiger partial charge in [0.25, 0.3) is 0 Å². The maximum atomic E-state index is 13.1. The van der Waals surface area contributed by atoms with E-state index in [-0.39, 0.29) is 11.7 Å². The number of hydrogen-bond donors (Lipinski definition) is 1. The van der Waals surface area contributed by atoms with Gasteiger partial charge in [-0.15, -0.1) is 0 Å². The maximum Gasteiger partial charge on any atom is 0.241 e. The minimum atomic E-state index is -3.87. The highest BCUT2D eigenvalue weighted by Crippen LogP contribution is 2.32. The van der Waals surface area contributed by atoms with Crippen molar-refractivity contribution in [2.75, 3.05) is 13.9 Å². The van der Waals surface area contributed by atoms with Crippen molar-refractivity contribution in [3.63, 3.8) is 0 Å². The molecule has 1 atom stereocenters. The zero-order valence-electron chi connectivity index (χ0n) is 17.3. The summed E-state index contributed by atoms with van der Waals surface area (Å²) < 4.78 is 44.6. The van der Waals surface area contributed by atoms with Crippen LogP contribution in [0.5, 0.6) is 5.75 Å². The molecule has 0 aliphatic carbocycles. The summed E-state index contributed by atoms with van der Waals surface area (Å²) in [7, 11) is -2.36. The number of nitrogens with one attached hydrogen (secondary N) is 1. The lowest BCUT2D eigenvalue weighted by molar-refractivity contribution is -0.149. The Bertz CT molecular complexity index is 950. The molecule has 0 aliphatic heterocycles. The van der Waals surface area contributed by atoms with Crippen LogP contribution in [-0.4, -0.2) is 40.4 Å². The van der Waals surface area contributed by atoms with Gasteiger partial charge >= 0.3 is 0 Å².